The van der Waals surface area contributed by atoms with Gasteiger partial charge in [0.05, 0.1) is 12.4 Å². The van der Waals surface area contributed by atoms with Crippen LogP contribution in [-0.2, 0) is 9.05 Å². The molecule has 6 heteroatoms. The molecule has 18 heavy (non-hydrogen) atoms. The summed E-state index contributed by atoms with van der Waals surface area (Å²) in [5.41, 5.74) is 0.974. The van der Waals surface area contributed by atoms with Gasteiger partial charge in [-0.2, -0.15) is 0 Å². The van der Waals surface area contributed by atoms with E-state index in [1.165, 1.54) is 0 Å². The number of hydrogen-bond acceptors (Lipinski definition) is 3. The third kappa shape index (κ3) is 6.47. The van der Waals surface area contributed by atoms with Gasteiger partial charge in [-0.3, -0.25) is 0 Å². The van der Waals surface area contributed by atoms with Crippen LogP contribution in [0.1, 0.15) is 24.8 Å². The van der Waals surface area contributed by atoms with Gasteiger partial charge in [0.25, 0.3) is 0 Å². The Bertz CT molecular complexity index is 486. The van der Waals surface area contributed by atoms with E-state index in [4.69, 9.17) is 27.0 Å². The van der Waals surface area contributed by atoms with E-state index in [2.05, 4.69) is 0 Å². The van der Waals surface area contributed by atoms with Crippen molar-refractivity contribution in [3.63, 3.8) is 0 Å². The second-order valence-electron chi connectivity index (χ2n) is 4.06. The molecule has 0 atom stereocenters. The Morgan fingerprint density at radius 2 is 1.94 bits per heavy atom. The number of benzene rings is 1. The molecular weight excluding hydrogens is 295 g/mol. The first-order valence-electron chi connectivity index (χ1n) is 5.70. The predicted molar refractivity (Wildman–Crippen MR) is 75.2 cm³/mol. The standard InChI is InChI=1S/C12H16Cl2O3S/c1-10-9-11(5-6-12(10)13)17-7-3-2-4-8-18(14,15)16/h5-6,9H,2-4,7-8H2,1H3. The molecule has 1 aromatic carbocycles. The molecule has 0 unspecified atom stereocenters. The highest BCUT2D eigenvalue weighted by Gasteiger charge is 2.04. The molecule has 0 aliphatic heterocycles. The summed E-state index contributed by atoms with van der Waals surface area (Å²) in [6.07, 6.45) is 2.14. The number of hydrogen-bond donors (Lipinski definition) is 0. The molecule has 1 rings (SSSR count). The Morgan fingerprint density at radius 1 is 1.22 bits per heavy atom. The minimum Gasteiger partial charge on any atom is -0.494 e. The third-order valence-corrected chi connectivity index (χ3v) is 4.09. The van der Waals surface area contributed by atoms with Crippen molar-refractivity contribution >= 4 is 31.3 Å². The van der Waals surface area contributed by atoms with Gasteiger partial charge in [-0.25, -0.2) is 8.42 Å². The number of ether oxygens (including phenoxy) is 1. The second kappa shape index (κ2) is 7.22. The van der Waals surface area contributed by atoms with E-state index in [9.17, 15) is 8.42 Å². The van der Waals surface area contributed by atoms with Crippen molar-refractivity contribution < 1.29 is 13.2 Å². The second-order valence-corrected chi connectivity index (χ2v) is 7.37. The Hall–Kier alpha value is -0.450. The third-order valence-electron chi connectivity index (χ3n) is 2.43. The van der Waals surface area contributed by atoms with Crippen LogP contribution in [0.2, 0.25) is 5.02 Å². The van der Waals surface area contributed by atoms with Crippen molar-refractivity contribution in [1.29, 1.82) is 0 Å². The van der Waals surface area contributed by atoms with Crippen LogP contribution in [0, 0.1) is 6.92 Å². The van der Waals surface area contributed by atoms with Crippen LogP contribution in [-0.4, -0.2) is 20.8 Å². The molecule has 1 aromatic rings. The van der Waals surface area contributed by atoms with Crippen molar-refractivity contribution in [3.8, 4) is 5.75 Å². The van der Waals surface area contributed by atoms with E-state index in [0.29, 0.717) is 13.0 Å². The summed E-state index contributed by atoms with van der Waals surface area (Å²) in [4.78, 5) is 0. The van der Waals surface area contributed by atoms with E-state index in [0.717, 1.165) is 29.2 Å². The Morgan fingerprint density at radius 3 is 2.56 bits per heavy atom. The first kappa shape index (κ1) is 15.6. The van der Waals surface area contributed by atoms with Crippen molar-refractivity contribution in [2.75, 3.05) is 12.4 Å². The van der Waals surface area contributed by atoms with E-state index in [1.807, 2.05) is 19.1 Å². The maximum atomic E-state index is 10.7. The van der Waals surface area contributed by atoms with E-state index in [1.54, 1.807) is 6.07 Å². The SMILES string of the molecule is Cc1cc(OCCCCCS(=O)(=O)Cl)ccc1Cl. The van der Waals surface area contributed by atoms with Crippen molar-refractivity contribution in [2.24, 2.45) is 0 Å². The minimum atomic E-state index is -3.36. The molecule has 0 fully saturated rings. The average molecular weight is 311 g/mol. The first-order valence-corrected chi connectivity index (χ1v) is 8.55. The summed E-state index contributed by atoms with van der Waals surface area (Å²) in [5.74, 6) is 0.802. The van der Waals surface area contributed by atoms with Crippen LogP contribution in [0.3, 0.4) is 0 Å². The molecule has 0 aromatic heterocycles. The normalized spacial score (nSPS) is 11.5. The summed E-state index contributed by atoms with van der Waals surface area (Å²) < 4.78 is 26.9. The average Bonchev–Trinajstić information content (AvgIpc) is 2.26. The van der Waals surface area contributed by atoms with Gasteiger partial charge in [0, 0.05) is 15.7 Å². The van der Waals surface area contributed by atoms with Crippen molar-refractivity contribution in [3.05, 3.63) is 28.8 Å². The van der Waals surface area contributed by atoms with Gasteiger partial charge in [-0.15, -0.1) is 0 Å². The molecule has 0 spiro atoms. The van der Waals surface area contributed by atoms with Crippen LogP contribution in [0.25, 0.3) is 0 Å². The van der Waals surface area contributed by atoms with Crippen LogP contribution in [0.15, 0.2) is 18.2 Å². The van der Waals surface area contributed by atoms with Gasteiger partial charge in [-0.1, -0.05) is 11.6 Å². The monoisotopic (exact) mass is 310 g/mol. The van der Waals surface area contributed by atoms with E-state index < -0.39 is 9.05 Å². The summed E-state index contributed by atoms with van der Waals surface area (Å²) >= 11 is 5.90. The Labute approximate surface area is 117 Å². The maximum Gasteiger partial charge on any atom is 0.232 e. The molecule has 0 N–H and O–H groups in total. The van der Waals surface area contributed by atoms with E-state index >= 15 is 0 Å². The summed E-state index contributed by atoms with van der Waals surface area (Å²) in [6, 6.07) is 5.50. The molecular formula is C12H16Cl2O3S. The lowest BCUT2D eigenvalue weighted by molar-refractivity contribution is 0.306. The van der Waals surface area contributed by atoms with Gasteiger partial charge >= 0.3 is 0 Å². The zero-order valence-electron chi connectivity index (χ0n) is 10.2. The van der Waals surface area contributed by atoms with Gasteiger partial charge in [-0.05, 0) is 49.9 Å². The van der Waals surface area contributed by atoms with Crippen LogP contribution >= 0.6 is 22.3 Å². The molecule has 3 nitrogen and oxygen atoms in total. The van der Waals surface area contributed by atoms with Crippen LogP contribution < -0.4 is 4.74 Å². The fraction of sp³-hybridized carbons (Fsp3) is 0.500. The van der Waals surface area contributed by atoms with Crippen LogP contribution in [0.5, 0.6) is 5.75 Å². The number of aryl methyl sites for hydroxylation is 1. The van der Waals surface area contributed by atoms with E-state index in [-0.39, 0.29) is 5.75 Å². The molecule has 0 radical (unpaired) electrons. The zero-order chi connectivity index (χ0) is 13.6. The highest BCUT2D eigenvalue weighted by atomic mass is 35.7. The number of halogens is 2. The molecule has 0 amide bonds. The van der Waals surface area contributed by atoms with Crippen LogP contribution in [0.4, 0.5) is 0 Å². The Balaban J connectivity index is 2.20. The maximum absolute atomic E-state index is 10.7. The molecule has 102 valence electrons. The summed E-state index contributed by atoms with van der Waals surface area (Å²) in [5, 5.41) is 0.717. The topological polar surface area (TPSA) is 43.4 Å². The van der Waals surface area contributed by atoms with Gasteiger partial charge < -0.3 is 4.74 Å². The van der Waals surface area contributed by atoms with Gasteiger partial charge in [0.15, 0.2) is 0 Å². The molecule has 0 bridgehead atoms. The van der Waals surface area contributed by atoms with Crippen molar-refractivity contribution in [2.45, 2.75) is 26.2 Å². The lowest BCUT2D eigenvalue weighted by Gasteiger charge is -2.07. The number of unbranched alkanes of at least 4 members (excludes halogenated alkanes) is 2. The molecule has 0 heterocycles. The minimum absolute atomic E-state index is 0.0224. The lowest BCUT2D eigenvalue weighted by Crippen LogP contribution is -2.00. The fourth-order valence-electron chi connectivity index (χ4n) is 1.45. The molecule has 0 aliphatic rings. The molecule has 0 aliphatic carbocycles. The smallest absolute Gasteiger partial charge is 0.232 e. The van der Waals surface area contributed by atoms with Crippen molar-refractivity contribution in [1.82, 2.24) is 0 Å². The molecule has 0 saturated carbocycles. The summed E-state index contributed by atoms with van der Waals surface area (Å²) in [7, 11) is 1.75. The quantitative estimate of drug-likeness (QED) is 0.569. The fourth-order valence-corrected chi connectivity index (χ4v) is 2.44. The molecule has 0 saturated heterocycles. The largest absolute Gasteiger partial charge is 0.494 e. The highest BCUT2D eigenvalue weighted by molar-refractivity contribution is 8.13. The Kier molecular flexibility index (Phi) is 6.26. The highest BCUT2D eigenvalue weighted by Crippen LogP contribution is 2.21. The van der Waals surface area contributed by atoms with Gasteiger partial charge in [0.2, 0.25) is 9.05 Å². The van der Waals surface area contributed by atoms with Gasteiger partial charge in [0.1, 0.15) is 5.75 Å². The summed E-state index contributed by atoms with van der Waals surface area (Å²) in [6.45, 7) is 2.48. The number of rotatable bonds is 7. The lowest BCUT2D eigenvalue weighted by atomic mass is 10.2. The predicted octanol–water partition coefficient (Wildman–Crippen LogP) is 3.77. The zero-order valence-corrected chi connectivity index (χ0v) is 12.5. The first-order chi connectivity index (χ1) is 8.38.